The third-order valence-electron chi connectivity index (χ3n) is 6.78. The van der Waals surface area contributed by atoms with Crippen LogP contribution >= 0.6 is 0 Å². The van der Waals surface area contributed by atoms with Crippen molar-refractivity contribution < 1.29 is 23.5 Å². The Morgan fingerprint density at radius 2 is 1.85 bits per heavy atom. The minimum absolute atomic E-state index is 0.0237. The van der Waals surface area contributed by atoms with E-state index in [1.54, 1.807) is 24.0 Å². The van der Waals surface area contributed by atoms with E-state index in [1.165, 1.54) is 0 Å². The summed E-state index contributed by atoms with van der Waals surface area (Å²) in [6, 6.07) is 9.61. The Balaban J connectivity index is 1.75. The number of hydrogen-bond acceptors (Lipinski definition) is 5. The number of hydrogen-bond donors (Lipinski definition) is 0. The molecular formula is C27H38N2O5. The molecule has 0 saturated heterocycles. The maximum absolute atomic E-state index is 13.5. The van der Waals surface area contributed by atoms with Gasteiger partial charge in [-0.1, -0.05) is 19.4 Å². The Morgan fingerprint density at radius 3 is 2.41 bits per heavy atom. The van der Waals surface area contributed by atoms with Gasteiger partial charge in [-0.2, -0.15) is 0 Å². The largest absolute Gasteiger partial charge is 0.493 e. The number of furan rings is 1. The van der Waals surface area contributed by atoms with Crippen molar-refractivity contribution in [2.75, 3.05) is 27.3 Å². The molecule has 2 amide bonds. The molecule has 7 heteroatoms. The maximum atomic E-state index is 13.5. The fraction of sp³-hybridized carbons (Fsp3) is 0.556. The SMILES string of the molecule is CCC(C)N(CC(=O)N(CCc1ccc(OC)c(OC)c1)Cc1ccc(C)o1)C(=O)C1CCC1. The molecule has 0 radical (unpaired) electrons. The minimum atomic E-state index is -0.0671. The Labute approximate surface area is 203 Å². The molecule has 0 aliphatic heterocycles. The van der Waals surface area contributed by atoms with Crippen molar-refractivity contribution in [1.29, 1.82) is 0 Å². The van der Waals surface area contributed by atoms with Gasteiger partial charge in [0.15, 0.2) is 11.5 Å². The summed E-state index contributed by atoms with van der Waals surface area (Å²) in [5, 5.41) is 0. The van der Waals surface area contributed by atoms with Crippen LogP contribution in [0.4, 0.5) is 0 Å². The highest BCUT2D eigenvalue weighted by Gasteiger charge is 2.33. The van der Waals surface area contributed by atoms with Gasteiger partial charge in [0.05, 0.1) is 20.8 Å². The number of carbonyl (C=O) groups is 2. The Hall–Kier alpha value is -2.96. The van der Waals surface area contributed by atoms with Crippen LogP contribution in [-0.4, -0.2) is 55.0 Å². The number of carbonyl (C=O) groups excluding carboxylic acids is 2. The monoisotopic (exact) mass is 470 g/mol. The molecule has 0 spiro atoms. The first kappa shape index (κ1) is 25.7. The first-order chi connectivity index (χ1) is 16.4. The number of nitrogens with zero attached hydrogens (tertiary/aromatic N) is 2. The molecule has 1 aromatic heterocycles. The van der Waals surface area contributed by atoms with E-state index in [0.29, 0.717) is 31.0 Å². The zero-order valence-electron chi connectivity index (χ0n) is 21.1. The van der Waals surface area contributed by atoms with Crippen LogP contribution < -0.4 is 9.47 Å². The van der Waals surface area contributed by atoms with E-state index in [4.69, 9.17) is 13.9 Å². The molecular weight excluding hydrogens is 432 g/mol. The standard InChI is InChI=1S/C27H38N2O5/c1-6-19(2)29(27(31)22-8-7-9-22)18-26(30)28(17-23-12-10-20(3)34-23)15-14-21-11-13-24(32-4)25(16-21)33-5/h10-13,16,19,22H,6-9,14-15,17-18H2,1-5H3. The topological polar surface area (TPSA) is 72.2 Å². The second-order valence-electron chi connectivity index (χ2n) is 9.12. The van der Waals surface area contributed by atoms with Crippen LogP contribution in [-0.2, 0) is 22.6 Å². The van der Waals surface area contributed by atoms with Gasteiger partial charge in [-0.05, 0) is 69.4 Å². The quantitative estimate of drug-likeness (QED) is 0.453. The molecule has 0 N–H and O–H groups in total. The highest BCUT2D eigenvalue weighted by atomic mass is 16.5. The molecule has 34 heavy (non-hydrogen) atoms. The number of rotatable bonds is 12. The number of amides is 2. The van der Waals surface area contributed by atoms with Crippen LogP contribution in [0.5, 0.6) is 11.5 Å². The molecule has 1 saturated carbocycles. The zero-order chi connectivity index (χ0) is 24.7. The van der Waals surface area contributed by atoms with Gasteiger partial charge < -0.3 is 23.7 Å². The lowest BCUT2D eigenvalue weighted by Gasteiger charge is -2.36. The molecule has 1 heterocycles. The van der Waals surface area contributed by atoms with Crippen LogP contribution in [0.15, 0.2) is 34.7 Å². The molecule has 1 aliphatic carbocycles. The summed E-state index contributed by atoms with van der Waals surface area (Å²) in [6.07, 6.45) is 4.40. The van der Waals surface area contributed by atoms with Crippen LogP contribution in [0.25, 0.3) is 0 Å². The van der Waals surface area contributed by atoms with Gasteiger partial charge in [-0.15, -0.1) is 0 Å². The van der Waals surface area contributed by atoms with Crippen molar-refractivity contribution >= 4 is 11.8 Å². The van der Waals surface area contributed by atoms with Crippen LogP contribution in [0.3, 0.4) is 0 Å². The van der Waals surface area contributed by atoms with E-state index in [-0.39, 0.29) is 30.3 Å². The van der Waals surface area contributed by atoms with E-state index in [1.807, 2.05) is 44.2 Å². The summed E-state index contributed by atoms with van der Waals surface area (Å²) in [7, 11) is 3.22. The van der Waals surface area contributed by atoms with E-state index < -0.39 is 0 Å². The van der Waals surface area contributed by atoms with Crippen molar-refractivity contribution in [1.82, 2.24) is 9.80 Å². The number of aryl methyl sites for hydroxylation is 1. The minimum Gasteiger partial charge on any atom is -0.493 e. The molecule has 1 atom stereocenters. The third kappa shape index (κ3) is 6.33. The lowest BCUT2D eigenvalue weighted by molar-refractivity contribution is -0.147. The van der Waals surface area contributed by atoms with Crippen molar-refractivity contribution in [3.63, 3.8) is 0 Å². The average molecular weight is 471 g/mol. The lowest BCUT2D eigenvalue weighted by atomic mass is 9.84. The highest BCUT2D eigenvalue weighted by Crippen LogP contribution is 2.30. The van der Waals surface area contributed by atoms with Gasteiger partial charge in [0, 0.05) is 18.5 Å². The van der Waals surface area contributed by atoms with Gasteiger partial charge in [0.1, 0.15) is 18.1 Å². The molecule has 186 valence electrons. The predicted molar refractivity (Wildman–Crippen MR) is 131 cm³/mol. The predicted octanol–water partition coefficient (Wildman–Crippen LogP) is 4.60. The highest BCUT2D eigenvalue weighted by molar-refractivity contribution is 5.86. The van der Waals surface area contributed by atoms with Gasteiger partial charge >= 0.3 is 0 Å². The van der Waals surface area contributed by atoms with Gasteiger partial charge in [0.2, 0.25) is 11.8 Å². The Bertz CT molecular complexity index is 966. The molecule has 0 bridgehead atoms. The lowest BCUT2D eigenvalue weighted by Crippen LogP contribution is -2.49. The third-order valence-corrected chi connectivity index (χ3v) is 6.78. The normalized spacial score (nSPS) is 14.3. The second-order valence-corrected chi connectivity index (χ2v) is 9.12. The van der Waals surface area contributed by atoms with Crippen molar-refractivity contribution in [3.05, 3.63) is 47.4 Å². The van der Waals surface area contributed by atoms with Gasteiger partial charge in [-0.25, -0.2) is 0 Å². The van der Waals surface area contributed by atoms with Crippen LogP contribution in [0.1, 0.15) is 56.6 Å². The summed E-state index contributed by atoms with van der Waals surface area (Å²) >= 11 is 0. The summed E-state index contributed by atoms with van der Waals surface area (Å²) in [4.78, 5) is 30.1. The van der Waals surface area contributed by atoms with E-state index >= 15 is 0 Å². The fourth-order valence-electron chi connectivity index (χ4n) is 4.16. The first-order valence-corrected chi connectivity index (χ1v) is 12.2. The summed E-state index contributed by atoms with van der Waals surface area (Å²) in [5.74, 6) is 2.99. The molecule has 1 fully saturated rings. The van der Waals surface area contributed by atoms with Crippen LogP contribution in [0.2, 0.25) is 0 Å². The van der Waals surface area contributed by atoms with E-state index in [2.05, 4.69) is 6.92 Å². The Morgan fingerprint density at radius 1 is 1.12 bits per heavy atom. The van der Waals surface area contributed by atoms with E-state index in [9.17, 15) is 9.59 Å². The molecule has 1 aliphatic rings. The zero-order valence-corrected chi connectivity index (χ0v) is 21.1. The molecule has 1 unspecified atom stereocenters. The fourth-order valence-corrected chi connectivity index (χ4v) is 4.16. The maximum Gasteiger partial charge on any atom is 0.242 e. The summed E-state index contributed by atoms with van der Waals surface area (Å²) in [6.45, 7) is 6.92. The molecule has 7 nitrogen and oxygen atoms in total. The second kappa shape index (κ2) is 12.0. The molecule has 2 aromatic rings. The summed E-state index contributed by atoms with van der Waals surface area (Å²) in [5.41, 5.74) is 1.04. The first-order valence-electron chi connectivity index (χ1n) is 12.2. The number of methoxy groups -OCH3 is 2. The van der Waals surface area contributed by atoms with Crippen molar-refractivity contribution in [3.8, 4) is 11.5 Å². The summed E-state index contributed by atoms with van der Waals surface area (Å²) < 4.78 is 16.5. The van der Waals surface area contributed by atoms with Gasteiger partial charge in [-0.3, -0.25) is 9.59 Å². The molecule has 3 rings (SSSR count). The van der Waals surface area contributed by atoms with Crippen LogP contribution in [0, 0.1) is 12.8 Å². The van der Waals surface area contributed by atoms with E-state index in [0.717, 1.165) is 42.8 Å². The Kier molecular flexibility index (Phi) is 9.02. The van der Waals surface area contributed by atoms with Crippen molar-refractivity contribution in [2.24, 2.45) is 5.92 Å². The van der Waals surface area contributed by atoms with Crippen molar-refractivity contribution in [2.45, 2.75) is 65.5 Å². The number of ether oxygens (including phenoxy) is 2. The number of benzene rings is 1. The smallest absolute Gasteiger partial charge is 0.242 e. The average Bonchev–Trinajstić information content (AvgIpc) is 3.22. The molecule has 1 aromatic carbocycles. The van der Waals surface area contributed by atoms with Gasteiger partial charge in [0.25, 0.3) is 0 Å².